The Morgan fingerprint density at radius 1 is 1.29 bits per heavy atom. The van der Waals surface area contributed by atoms with Crippen molar-refractivity contribution >= 4 is 15.9 Å². The van der Waals surface area contributed by atoms with Crippen molar-refractivity contribution in [2.45, 2.75) is 49.6 Å². The molecule has 0 N–H and O–H groups in total. The molecule has 0 radical (unpaired) electrons. The van der Waals surface area contributed by atoms with Gasteiger partial charge in [-0.25, -0.2) is 0 Å². The van der Waals surface area contributed by atoms with Gasteiger partial charge < -0.3 is 9.47 Å². The van der Waals surface area contributed by atoms with E-state index in [1.165, 1.54) is 19.3 Å². The molecule has 2 aliphatic rings. The van der Waals surface area contributed by atoms with Crippen molar-refractivity contribution in [3.05, 3.63) is 0 Å². The van der Waals surface area contributed by atoms with Crippen LogP contribution in [0, 0.1) is 5.92 Å². The minimum Gasteiger partial charge on any atom is -0.375 e. The van der Waals surface area contributed by atoms with E-state index in [9.17, 15) is 0 Å². The lowest BCUT2D eigenvalue weighted by Gasteiger charge is -2.40. The normalized spacial score (nSPS) is 36.9. The van der Waals surface area contributed by atoms with Crippen molar-refractivity contribution < 1.29 is 9.47 Å². The first-order valence-electron chi connectivity index (χ1n) is 5.68. The predicted molar refractivity (Wildman–Crippen MR) is 59.8 cm³/mol. The molecule has 82 valence electrons. The van der Waals surface area contributed by atoms with Crippen molar-refractivity contribution in [2.75, 3.05) is 13.2 Å². The Labute approximate surface area is 94.5 Å². The number of rotatable bonds is 6. The quantitative estimate of drug-likeness (QED) is 0.686. The monoisotopic (exact) mass is 262 g/mol. The minimum absolute atomic E-state index is 0.291. The van der Waals surface area contributed by atoms with E-state index in [0.29, 0.717) is 17.0 Å². The molecule has 2 rings (SSSR count). The highest BCUT2D eigenvalue weighted by Gasteiger charge is 2.41. The fraction of sp³-hybridized carbons (Fsp3) is 1.00. The average Bonchev–Trinajstić information content (AvgIpc) is 2.97. The van der Waals surface area contributed by atoms with Gasteiger partial charge in [-0.3, -0.25) is 0 Å². The lowest BCUT2D eigenvalue weighted by Crippen LogP contribution is -2.50. The van der Waals surface area contributed by atoms with Crippen molar-refractivity contribution in [3.8, 4) is 0 Å². The van der Waals surface area contributed by atoms with Gasteiger partial charge in [-0.2, -0.15) is 0 Å². The third-order valence-corrected chi connectivity index (χ3v) is 3.99. The number of hydrogen-bond acceptors (Lipinski definition) is 2. The Bertz CT molecular complexity index is 182. The van der Waals surface area contributed by atoms with Crippen LogP contribution in [-0.4, -0.2) is 30.2 Å². The van der Waals surface area contributed by atoms with Crippen molar-refractivity contribution in [1.29, 1.82) is 0 Å². The van der Waals surface area contributed by atoms with E-state index in [1.54, 1.807) is 0 Å². The first kappa shape index (κ1) is 10.9. The van der Waals surface area contributed by atoms with Crippen LogP contribution in [0.15, 0.2) is 0 Å². The second-order valence-corrected chi connectivity index (χ2v) is 5.49. The molecule has 0 aromatic carbocycles. The maximum absolute atomic E-state index is 5.81. The van der Waals surface area contributed by atoms with Gasteiger partial charge in [-0.05, 0) is 25.7 Å². The second kappa shape index (κ2) is 4.95. The molecule has 0 bridgehead atoms. The minimum atomic E-state index is 0.291. The van der Waals surface area contributed by atoms with Crippen LogP contribution >= 0.6 is 15.9 Å². The Hall–Kier alpha value is 0.400. The molecule has 2 aliphatic carbocycles. The SMILES string of the molecule is CCOC1C(Br)CC1OCCC1CC1. The molecule has 0 amide bonds. The van der Waals surface area contributed by atoms with Crippen LogP contribution in [0.2, 0.25) is 0 Å². The van der Waals surface area contributed by atoms with Gasteiger partial charge in [0, 0.05) is 18.0 Å². The molecular weight excluding hydrogens is 244 g/mol. The molecule has 0 aliphatic heterocycles. The molecular formula is C11H19BrO2. The van der Waals surface area contributed by atoms with Crippen LogP contribution in [0.4, 0.5) is 0 Å². The van der Waals surface area contributed by atoms with E-state index in [2.05, 4.69) is 15.9 Å². The molecule has 0 heterocycles. The third-order valence-electron chi connectivity index (χ3n) is 3.09. The smallest absolute Gasteiger partial charge is 0.0962 e. The molecule has 3 atom stereocenters. The summed E-state index contributed by atoms with van der Waals surface area (Å²) in [7, 11) is 0. The maximum atomic E-state index is 5.81. The average molecular weight is 263 g/mol. The first-order chi connectivity index (χ1) is 6.81. The van der Waals surface area contributed by atoms with Crippen molar-refractivity contribution in [1.82, 2.24) is 0 Å². The first-order valence-corrected chi connectivity index (χ1v) is 6.60. The van der Waals surface area contributed by atoms with Crippen LogP contribution in [0.25, 0.3) is 0 Å². The van der Waals surface area contributed by atoms with Gasteiger partial charge in [-0.1, -0.05) is 28.8 Å². The summed E-state index contributed by atoms with van der Waals surface area (Å²) in [4.78, 5) is 0.508. The largest absolute Gasteiger partial charge is 0.375 e. The van der Waals surface area contributed by atoms with Gasteiger partial charge >= 0.3 is 0 Å². The standard InChI is InChI=1S/C11H19BrO2/c1-2-13-11-9(12)7-10(11)14-6-5-8-3-4-8/h8-11H,2-7H2,1H3. The van der Waals surface area contributed by atoms with Crippen molar-refractivity contribution in [3.63, 3.8) is 0 Å². The van der Waals surface area contributed by atoms with Crippen molar-refractivity contribution in [2.24, 2.45) is 5.92 Å². The van der Waals surface area contributed by atoms with E-state index in [0.717, 1.165) is 25.6 Å². The van der Waals surface area contributed by atoms with Crippen LogP contribution in [0.5, 0.6) is 0 Å². The zero-order valence-corrected chi connectivity index (χ0v) is 10.3. The Balaban J connectivity index is 1.59. The van der Waals surface area contributed by atoms with Crippen LogP contribution in [0.1, 0.15) is 32.6 Å². The summed E-state index contributed by atoms with van der Waals surface area (Å²) in [6.45, 7) is 3.76. The highest BCUT2D eigenvalue weighted by Crippen LogP contribution is 2.35. The third kappa shape index (κ3) is 2.71. The molecule has 14 heavy (non-hydrogen) atoms. The summed E-state index contributed by atoms with van der Waals surface area (Å²) in [5.74, 6) is 0.973. The van der Waals surface area contributed by atoms with Gasteiger partial charge in [0.25, 0.3) is 0 Å². The van der Waals surface area contributed by atoms with Crippen LogP contribution in [-0.2, 0) is 9.47 Å². The zero-order chi connectivity index (χ0) is 9.97. The molecule has 3 unspecified atom stereocenters. The molecule has 0 aromatic rings. The summed E-state index contributed by atoms with van der Waals surface area (Å²) in [5, 5.41) is 0. The van der Waals surface area contributed by atoms with E-state index in [1.807, 2.05) is 6.92 Å². The molecule has 0 spiro atoms. The predicted octanol–water partition coefficient (Wildman–Crippen LogP) is 2.74. The van der Waals surface area contributed by atoms with E-state index >= 15 is 0 Å². The topological polar surface area (TPSA) is 18.5 Å². The molecule has 0 saturated heterocycles. The van der Waals surface area contributed by atoms with E-state index in [-0.39, 0.29) is 0 Å². The van der Waals surface area contributed by atoms with Gasteiger partial charge in [0.2, 0.25) is 0 Å². The van der Waals surface area contributed by atoms with Gasteiger partial charge in [0.15, 0.2) is 0 Å². The Kier molecular flexibility index (Phi) is 3.86. The summed E-state index contributed by atoms with van der Waals surface area (Å²) < 4.78 is 11.4. The lowest BCUT2D eigenvalue weighted by molar-refractivity contribution is -0.119. The summed E-state index contributed by atoms with van der Waals surface area (Å²) in [6, 6.07) is 0. The summed E-state index contributed by atoms with van der Waals surface area (Å²) in [5.41, 5.74) is 0. The van der Waals surface area contributed by atoms with Crippen LogP contribution < -0.4 is 0 Å². The molecule has 0 aromatic heterocycles. The highest BCUT2D eigenvalue weighted by molar-refractivity contribution is 9.09. The molecule has 3 heteroatoms. The van der Waals surface area contributed by atoms with Gasteiger partial charge in [0.1, 0.15) is 0 Å². The zero-order valence-electron chi connectivity index (χ0n) is 8.75. The summed E-state index contributed by atoms with van der Waals surface area (Å²) in [6.07, 6.45) is 5.84. The number of hydrogen-bond donors (Lipinski definition) is 0. The Morgan fingerprint density at radius 2 is 2.07 bits per heavy atom. The molecule has 2 saturated carbocycles. The summed E-state index contributed by atoms with van der Waals surface area (Å²) >= 11 is 3.60. The number of alkyl halides is 1. The fourth-order valence-electron chi connectivity index (χ4n) is 1.89. The number of halogens is 1. The van der Waals surface area contributed by atoms with E-state index < -0.39 is 0 Å². The van der Waals surface area contributed by atoms with Gasteiger partial charge in [0.05, 0.1) is 12.2 Å². The second-order valence-electron chi connectivity index (χ2n) is 4.31. The van der Waals surface area contributed by atoms with Crippen LogP contribution in [0.3, 0.4) is 0 Å². The molecule has 2 fully saturated rings. The van der Waals surface area contributed by atoms with Gasteiger partial charge in [-0.15, -0.1) is 0 Å². The maximum Gasteiger partial charge on any atom is 0.0962 e. The number of ether oxygens (including phenoxy) is 2. The lowest BCUT2D eigenvalue weighted by atomic mass is 9.91. The molecule has 2 nitrogen and oxygen atoms in total. The van der Waals surface area contributed by atoms with E-state index in [4.69, 9.17) is 9.47 Å². The fourth-order valence-corrected chi connectivity index (χ4v) is 2.75. The Morgan fingerprint density at radius 3 is 2.64 bits per heavy atom. The highest BCUT2D eigenvalue weighted by atomic mass is 79.9.